The van der Waals surface area contributed by atoms with Gasteiger partial charge in [-0.25, -0.2) is 9.59 Å². The lowest BCUT2D eigenvalue weighted by molar-refractivity contribution is -0.180. The van der Waals surface area contributed by atoms with Crippen molar-refractivity contribution in [2.24, 2.45) is 0 Å². The molecule has 0 radical (unpaired) electrons. The van der Waals surface area contributed by atoms with Crippen LogP contribution in [-0.4, -0.2) is 32.3 Å². The highest BCUT2D eigenvalue weighted by molar-refractivity contribution is 6.06. The molecular weight excluding hydrogens is 612 g/mol. The van der Waals surface area contributed by atoms with Crippen LogP contribution in [0.1, 0.15) is 41.9 Å². The molecule has 0 saturated carbocycles. The molecule has 7 aromatic rings. The highest BCUT2D eigenvalue weighted by atomic mass is 16.6. The van der Waals surface area contributed by atoms with E-state index in [0.717, 1.165) is 54.2 Å². The van der Waals surface area contributed by atoms with Crippen molar-refractivity contribution in [1.29, 1.82) is 0 Å². The van der Waals surface area contributed by atoms with Crippen LogP contribution in [0.5, 0.6) is 0 Å². The van der Waals surface area contributed by atoms with E-state index in [1.165, 1.54) is 14.2 Å². The van der Waals surface area contributed by atoms with Gasteiger partial charge in [-0.05, 0) is 67.7 Å². The quantitative estimate of drug-likeness (QED) is 0.109. The molecule has 0 N–H and O–H groups in total. The van der Waals surface area contributed by atoms with Crippen molar-refractivity contribution < 1.29 is 28.5 Å². The topological polar surface area (TPSA) is 71.1 Å². The van der Waals surface area contributed by atoms with E-state index < -0.39 is 36.4 Å². The molecule has 6 heteroatoms. The van der Waals surface area contributed by atoms with Gasteiger partial charge >= 0.3 is 11.9 Å². The summed E-state index contributed by atoms with van der Waals surface area (Å²) < 4.78 is 24.2. The summed E-state index contributed by atoms with van der Waals surface area (Å²) in [6.07, 6.45) is -3.88. The summed E-state index contributed by atoms with van der Waals surface area (Å²) in [5, 5.41) is 7.53. The fourth-order valence-corrected chi connectivity index (χ4v) is 6.90. The van der Waals surface area contributed by atoms with E-state index in [-0.39, 0.29) is 0 Å². The van der Waals surface area contributed by atoms with Crippen LogP contribution in [0.15, 0.2) is 140 Å². The summed E-state index contributed by atoms with van der Waals surface area (Å²) in [7, 11) is 3.00. The van der Waals surface area contributed by atoms with Gasteiger partial charge in [0.05, 0.1) is 0 Å². The number of hydrogen-bond acceptors (Lipinski definition) is 6. The minimum atomic E-state index is -1.04. The smallest absolute Gasteiger partial charge is 0.340 e. The summed E-state index contributed by atoms with van der Waals surface area (Å²) >= 11 is 0. The molecule has 244 valence electrons. The van der Waals surface area contributed by atoms with Crippen LogP contribution in [0.2, 0.25) is 0 Å². The molecule has 0 aliphatic carbocycles. The molecule has 0 aliphatic heterocycles. The number of carbonyl (C=O) groups is 2. The van der Waals surface area contributed by atoms with E-state index in [1.54, 1.807) is 6.92 Å². The Morgan fingerprint density at radius 1 is 0.469 bits per heavy atom. The normalized spacial score (nSPS) is 14.0. The first-order chi connectivity index (χ1) is 24.0. The predicted molar refractivity (Wildman–Crippen MR) is 193 cm³/mol. The molecule has 0 fully saturated rings. The molecule has 0 aliphatic rings. The zero-order valence-electron chi connectivity index (χ0n) is 27.5. The highest BCUT2D eigenvalue weighted by Crippen LogP contribution is 2.38. The van der Waals surface area contributed by atoms with Gasteiger partial charge in [-0.3, -0.25) is 0 Å². The molecule has 7 aromatic carbocycles. The van der Waals surface area contributed by atoms with E-state index in [2.05, 4.69) is 12.1 Å². The highest BCUT2D eigenvalue weighted by Gasteiger charge is 2.35. The third-order valence-corrected chi connectivity index (χ3v) is 9.15. The third kappa shape index (κ3) is 6.13. The van der Waals surface area contributed by atoms with E-state index in [9.17, 15) is 9.59 Å². The SMILES string of the molecule is CO[C@H](C(=O)O[C@@H](C)[C@@H](OC(=O)[C@@H](OC)c1c2ccccc2cc2ccccc12)c1ccccc1)c1c2ccccc2cc2ccccc12. The lowest BCUT2D eigenvalue weighted by atomic mass is 9.93. The van der Waals surface area contributed by atoms with Crippen molar-refractivity contribution in [2.75, 3.05) is 14.2 Å². The fourth-order valence-electron chi connectivity index (χ4n) is 6.90. The van der Waals surface area contributed by atoms with Gasteiger partial charge in [0.1, 0.15) is 6.10 Å². The molecule has 4 atom stereocenters. The van der Waals surface area contributed by atoms with Crippen molar-refractivity contribution in [1.82, 2.24) is 0 Å². The Labute approximate surface area is 284 Å². The van der Waals surface area contributed by atoms with E-state index in [1.807, 2.05) is 127 Å². The second-order valence-electron chi connectivity index (χ2n) is 12.1. The van der Waals surface area contributed by atoms with E-state index in [0.29, 0.717) is 5.56 Å². The summed E-state index contributed by atoms with van der Waals surface area (Å²) in [6, 6.07) is 45.1. The van der Waals surface area contributed by atoms with Crippen LogP contribution in [0.3, 0.4) is 0 Å². The van der Waals surface area contributed by atoms with Gasteiger partial charge in [-0.1, -0.05) is 127 Å². The van der Waals surface area contributed by atoms with Gasteiger partial charge in [0.15, 0.2) is 18.3 Å². The number of ether oxygens (including phenoxy) is 4. The summed E-state index contributed by atoms with van der Waals surface area (Å²) in [4.78, 5) is 28.3. The van der Waals surface area contributed by atoms with Crippen LogP contribution >= 0.6 is 0 Å². The van der Waals surface area contributed by atoms with Crippen molar-refractivity contribution in [3.05, 3.63) is 156 Å². The Morgan fingerprint density at radius 3 is 1.20 bits per heavy atom. The van der Waals surface area contributed by atoms with Crippen LogP contribution < -0.4 is 0 Å². The lowest BCUT2D eigenvalue weighted by Crippen LogP contribution is -2.31. The number of rotatable bonds is 10. The van der Waals surface area contributed by atoms with Crippen molar-refractivity contribution in [3.8, 4) is 0 Å². The molecule has 0 amide bonds. The maximum absolute atomic E-state index is 14.2. The van der Waals surface area contributed by atoms with Gasteiger partial charge in [0.25, 0.3) is 0 Å². The maximum Gasteiger partial charge on any atom is 0.340 e. The number of methoxy groups -OCH3 is 2. The van der Waals surface area contributed by atoms with E-state index >= 15 is 0 Å². The van der Waals surface area contributed by atoms with Crippen LogP contribution in [0, 0.1) is 0 Å². The Morgan fingerprint density at radius 2 is 0.816 bits per heavy atom. The monoisotopic (exact) mass is 648 g/mol. The molecule has 0 aromatic heterocycles. The average Bonchev–Trinajstić information content (AvgIpc) is 3.14. The molecule has 0 heterocycles. The Balaban J connectivity index is 1.23. The summed E-state index contributed by atoms with van der Waals surface area (Å²) in [5.74, 6) is -1.18. The first-order valence-electron chi connectivity index (χ1n) is 16.3. The molecule has 0 saturated heterocycles. The fraction of sp³-hybridized carbons (Fsp3) is 0.163. The van der Waals surface area contributed by atoms with Gasteiger partial charge in [-0.15, -0.1) is 0 Å². The zero-order chi connectivity index (χ0) is 33.9. The number of carbonyl (C=O) groups excluding carboxylic acids is 2. The Hall–Kier alpha value is -5.56. The average molecular weight is 649 g/mol. The largest absolute Gasteiger partial charge is 0.456 e. The summed E-state index contributed by atoms with van der Waals surface area (Å²) in [6.45, 7) is 1.73. The second kappa shape index (κ2) is 13.9. The molecular formula is C43H36O6. The number of benzene rings is 7. The van der Waals surface area contributed by atoms with Crippen molar-refractivity contribution in [2.45, 2.75) is 31.3 Å². The first-order valence-corrected chi connectivity index (χ1v) is 16.3. The Kier molecular flexibility index (Phi) is 9.07. The maximum atomic E-state index is 14.2. The number of fused-ring (bicyclic) bond motifs is 4. The minimum Gasteiger partial charge on any atom is -0.456 e. The molecule has 7 rings (SSSR count). The predicted octanol–water partition coefficient (Wildman–Crippen LogP) is 9.59. The minimum absolute atomic E-state index is 0.586. The lowest BCUT2D eigenvalue weighted by Gasteiger charge is -2.28. The molecule has 0 bridgehead atoms. The first kappa shape index (κ1) is 32.0. The second-order valence-corrected chi connectivity index (χ2v) is 12.1. The van der Waals surface area contributed by atoms with Crippen molar-refractivity contribution in [3.63, 3.8) is 0 Å². The van der Waals surface area contributed by atoms with Gasteiger partial charge in [0, 0.05) is 25.3 Å². The van der Waals surface area contributed by atoms with Crippen LogP contribution in [-0.2, 0) is 28.5 Å². The zero-order valence-corrected chi connectivity index (χ0v) is 27.5. The third-order valence-electron chi connectivity index (χ3n) is 9.15. The number of esters is 2. The van der Waals surface area contributed by atoms with Crippen LogP contribution in [0.25, 0.3) is 43.1 Å². The standard InChI is InChI=1S/C43H36O6/c1-27(48-42(44)40(46-2)37-33-21-11-7-17-29(33)25-30-18-8-12-22-34(30)37)39(28-15-5-4-6-16-28)49-43(45)41(47-3)38-35-23-13-9-19-31(35)26-32-20-10-14-24-36(32)38/h4-27,39-41H,1-3H3/t27-,39+,40-,41-/m0/s1. The van der Waals surface area contributed by atoms with Gasteiger partial charge < -0.3 is 18.9 Å². The van der Waals surface area contributed by atoms with Gasteiger partial charge in [0.2, 0.25) is 0 Å². The Bertz CT molecular complexity index is 2190. The van der Waals surface area contributed by atoms with Crippen molar-refractivity contribution >= 4 is 55.0 Å². The number of hydrogen-bond donors (Lipinski definition) is 0. The van der Waals surface area contributed by atoms with Gasteiger partial charge in [-0.2, -0.15) is 0 Å². The van der Waals surface area contributed by atoms with E-state index in [4.69, 9.17) is 18.9 Å². The molecule has 6 nitrogen and oxygen atoms in total. The molecule has 49 heavy (non-hydrogen) atoms. The van der Waals surface area contributed by atoms with Crippen LogP contribution in [0.4, 0.5) is 0 Å². The molecule has 0 unspecified atom stereocenters. The summed E-state index contributed by atoms with van der Waals surface area (Å²) in [5.41, 5.74) is 2.13. The molecule has 0 spiro atoms.